The van der Waals surface area contributed by atoms with Crippen molar-refractivity contribution in [3.8, 4) is 0 Å². The second-order valence-corrected chi connectivity index (χ2v) is 5.31. The number of aryl methyl sites for hydroxylation is 1. The van der Waals surface area contributed by atoms with Gasteiger partial charge in [0.05, 0.1) is 10.6 Å². The zero-order valence-electron chi connectivity index (χ0n) is 9.68. The van der Waals surface area contributed by atoms with Crippen LogP contribution in [0, 0.1) is 6.92 Å². The molecule has 92 valence electrons. The molecule has 0 unspecified atom stereocenters. The van der Waals surface area contributed by atoms with E-state index in [0.29, 0.717) is 10.6 Å². The molecule has 2 aromatic carbocycles. The predicted octanol–water partition coefficient (Wildman–Crippen LogP) is 4.50. The normalized spacial score (nSPS) is 10.3. The molecule has 0 aliphatic carbocycles. The van der Waals surface area contributed by atoms with Gasteiger partial charge < -0.3 is 5.11 Å². The van der Waals surface area contributed by atoms with Crippen molar-refractivity contribution in [3.63, 3.8) is 0 Å². The third-order valence-corrected chi connectivity index (χ3v) is 4.17. The van der Waals surface area contributed by atoms with Gasteiger partial charge in [0.1, 0.15) is 0 Å². The van der Waals surface area contributed by atoms with Crippen LogP contribution in [0.3, 0.4) is 0 Å². The summed E-state index contributed by atoms with van der Waals surface area (Å²) in [5.74, 6) is -0.910. The van der Waals surface area contributed by atoms with Gasteiger partial charge in [-0.25, -0.2) is 4.79 Å². The molecule has 0 spiro atoms. The standard InChI is InChI=1S/C14H11ClO2S/c1-9-8-10(14(16)17)6-7-12(9)18-13-5-3-2-4-11(13)15/h2-8H,1H3,(H,16,17). The predicted molar refractivity (Wildman–Crippen MR) is 73.7 cm³/mol. The lowest BCUT2D eigenvalue weighted by Crippen LogP contribution is -1.96. The number of carboxylic acids is 1. The number of rotatable bonds is 3. The van der Waals surface area contributed by atoms with Crippen molar-refractivity contribution in [2.75, 3.05) is 0 Å². The molecule has 0 aliphatic rings. The van der Waals surface area contributed by atoms with Gasteiger partial charge in [0.15, 0.2) is 0 Å². The molecule has 0 fully saturated rings. The van der Waals surface area contributed by atoms with Crippen molar-refractivity contribution in [3.05, 3.63) is 58.6 Å². The Labute approximate surface area is 115 Å². The van der Waals surface area contributed by atoms with Crippen LogP contribution in [0.5, 0.6) is 0 Å². The number of carbonyl (C=O) groups is 1. The lowest BCUT2D eigenvalue weighted by atomic mass is 10.1. The molecule has 1 N–H and O–H groups in total. The minimum Gasteiger partial charge on any atom is -0.478 e. The molecule has 0 heterocycles. The lowest BCUT2D eigenvalue weighted by molar-refractivity contribution is 0.0696. The molecule has 0 aliphatic heterocycles. The second-order valence-electron chi connectivity index (χ2n) is 3.82. The fourth-order valence-corrected chi connectivity index (χ4v) is 2.70. The average molecular weight is 279 g/mol. The van der Waals surface area contributed by atoms with Crippen LogP contribution >= 0.6 is 23.4 Å². The Morgan fingerprint density at radius 1 is 1.17 bits per heavy atom. The van der Waals surface area contributed by atoms with E-state index in [4.69, 9.17) is 16.7 Å². The molecule has 2 nitrogen and oxygen atoms in total. The summed E-state index contributed by atoms with van der Waals surface area (Å²) in [4.78, 5) is 12.8. The van der Waals surface area contributed by atoms with E-state index in [9.17, 15) is 4.79 Å². The molecular weight excluding hydrogens is 268 g/mol. The van der Waals surface area contributed by atoms with Crippen LogP contribution in [0.4, 0.5) is 0 Å². The van der Waals surface area contributed by atoms with Crippen molar-refractivity contribution in [2.24, 2.45) is 0 Å². The van der Waals surface area contributed by atoms with E-state index in [0.717, 1.165) is 15.4 Å². The van der Waals surface area contributed by atoms with E-state index >= 15 is 0 Å². The first-order valence-corrected chi connectivity index (χ1v) is 6.53. The van der Waals surface area contributed by atoms with E-state index in [1.807, 2.05) is 37.3 Å². The molecule has 2 rings (SSSR count). The summed E-state index contributed by atoms with van der Waals surface area (Å²) in [6.45, 7) is 1.89. The van der Waals surface area contributed by atoms with Crippen LogP contribution in [-0.4, -0.2) is 11.1 Å². The first-order valence-electron chi connectivity index (χ1n) is 5.34. The maximum Gasteiger partial charge on any atom is 0.335 e. The first kappa shape index (κ1) is 13.0. The Hall–Kier alpha value is -1.45. The minimum atomic E-state index is -0.910. The lowest BCUT2D eigenvalue weighted by Gasteiger charge is -2.07. The topological polar surface area (TPSA) is 37.3 Å². The van der Waals surface area contributed by atoms with Gasteiger partial charge in [0.2, 0.25) is 0 Å². The fraction of sp³-hybridized carbons (Fsp3) is 0.0714. The third-order valence-electron chi connectivity index (χ3n) is 2.48. The minimum absolute atomic E-state index is 0.302. The zero-order chi connectivity index (χ0) is 13.1. The van der Waals surface area contributed by atoms with E-state index in [1.165, 1.54) is 11.8 Å². The third kappa shape index (κ3) is 2.86. The molecule has 4 heteroatoms. The molecule has 0 saturated carbocycles. The number of hydrogen-bond donors (Lipinski definition) is 1. The van der Waals surface area contributed by atoms with Gasteiger partial charge in [-0.15, -0.1) is 0 Å². The fourth-order valence-electron chi connectivity index (χ4n) is 1.54. The van der Waals surface area contributed by atoms with Crippen LogP contribution < -0.4 is 0 Å². The largest absolute Gasteiger partial charge is 0.478 e. The molecule has 2 aromatic rings. The number of aromatic carboxylic acids is 1. The van der Waals surface area contributed by atoms with Gasteiger partial charge >= 0.3 is 5.97 Å². The molecule has 0 radical (unpaired) electrons. The van der Waals surface area contributed by atoms with Crippen LogP contribution in [0.1, 0.15) is 15.9 Å². The van der Waals surface area contributed by atoms with Crippen LogP contribution in [0.15, 0.2) is 52.3 Å². The Kier molecular flexibility index (Phi) is 3.94. The highest BCUT2D eigenvalue weighted by Gasteiger charge is 2.08. The Bertz CT molecular complexity index is 596. The monoisotopic (exact) mass is 278 g/mol. The van der Waals surface area contributed by atoms with Crippen molar-refractivity contribution in [2.45, 2.75) is 16.7 Å². The number of benzene rings is 2. The second kappa shape index (κ2) is 5.46. The SMILES string of the molecule is Cc1cc(C(=O)O)ccc1Sc1ccccc1Cl. The quantitative estimate of drug-likeness (QED) is 0.898. The molecule has 0 saturated heterocycles. The maximum atomic E-state index is 10.8. The van der Waals surface area contributed by atoms with Crippen molar-refractivity contribution in [1.82, 2.24) is 0 Å². The average Bonchev–Trinajstić information content (AvgIpc) is 2.34. The first-order chi connectivity index (χ1) is 8.58. The highest BCUT2D eigenvalue weighted by Crippen LogP contribution is 2.34. The number of hydrogen-bond acceptors (Lipinski definition) is 2. The Morgan fingerprint density at radius 2 is 1.89 bits per heavy atom. The Morgan fingerprint density at radius 3 is 2.50 bits per heavy atom. The molecule has 0 amide bonds. The van der Waals surface area contributed by atoms with Crippen molar-refractivity contribution >= 4 is 29.3 Å². The van der Waals surface area contributed by atoms with E-state index in [-0.39, 0.29) is 0 Å². The summed E-state index contributed by atoms with van der Waals surface area (Å²) >= 11 is 7.63. The van der Waals surface area contributed by atoms with E-state index in [2.05, 4.69) is 0 Å². The van der Waals surface area contributed by atoms with Crippen molar-refractivity contribution in [1.29, 1.82) is 0 Å². The van der Waals surface area contributed by atoms with E-state index < -0.39 is 5.97 Å². The highest BCUT2D eigenvalue weighted by atomic mass is 35.5. The van der Waals surface area contributed by atoms with Crippen molar-refractivity contribution < 1.29 is 9.90 Å². The van der Waals surface area contributed by atoms with Crippen LogP contribution in [0.25, 0.3) is 0 Å². The highest BCUT2D eigenvalue weighted by molar-refractivity contribution is 7.99. The smallest absolute Gasteiger partial charge is 0.335 e. The molecule has 0 aromatic heterocycles. The summed E-state index contributed by atoms with van der Waals surface area (Å²) in [5, 5.41) is 9.60. The van der Waals surface area contributed by atoms with Gasteiger partial charge in [-0.2, -0.15) is 0 Å². The summed E-state index contributed by atoms with van der Waals surface area (Å²) < 4.78 is 0. The summed E-state index contributed by atoms with van der Waals surface area (Å²) in [7, 11) is 0. The summed E-state index contributed by atoms with van der Waals surface area (Å²) in [5.41, 5.74) is 1.23. The molecular formula is C14H11ClO2S. The van der Waals surface area contributed by atoms with Gasteiger partial charge in [0.25, 0.3) is 0 Å². The van der Waals surface area contributed by atoms with E-state index in [1.54, 1.807) is 12.1 Å². The molecule has 0 bridgehead atoms. The van der Waals surface area contributed by atoms with Gasteiger partial charge in [-0.1, -0.05) is 35.5 Å². The molecule has 18 heavy (non-hydrogen) atoms. The van der Waals surface area contributed by atoms with Crippen LogP contribution in [-0.2, 0) is 0 Å². The maximum absolute atomic E-state index is 10.8. The number of carboxylic acid groups (broad SMARTS) is 1. The number of halogens is 1. The molecule has 0 atom stereocenters. The van der Waals surface area contributed by atoms with Gasteiger partial charge in [-0.05, 0) is 42.8 Å². The van der Waals surface area contributed by atoms with Crippen LogP contribution in [0.2, 0.25) is 5.02 Å². The van der Waals surface area contributed by atoms with Gasteiger partial charge in [0, 0.05) is 9.79 Å². The summed E-state index contributed by atoms with van der Waals surface area (Å²) in [6.07, 6.45) is 0. The zero-order valence-corrected chi connectivity index (χ0v) is 11.3. The summed E-state index contributed by atoms with van der Waals surface area (Å²) in [6, 6.07) is 12.7. The van der Waals surface area contributed by atoms with Gasteiger partial charge in [-0.3, -0.25) is 0 Å². The Balaban J connectivity index is 2.30.